The lowest BCUT2D eigenvalue weighted by atomic mass is 10.1. The van der Waals surface area contributed by atoms with Gasteiger partial charge in [0.15, 0.2) is 0 Å². The third-order valence-electron chi connectivity index (χ3n) is 4.14. The number of anilines is 1. The van der Waals surface area contributed by atoms with Crippen LogP contribution in [0.5, 0.6) is 0 Å². The highest BCUT2D eigenvalue weighted by molar-refractivity contribution is 7.89. The normalized spacial score (nSPS) is 11.4. The molecular weight excluding hydrogens is 366 g/mol. The van der Waals surface area contributed by atoms with Crippen LogP contribution in [0.2, 0.25) is 0 Å². The number of aromatic nitrogens is 1. The summed E-state index contributed by atoms with van der Waals surface area (Å²) >= 11 is 0. The number of amides is 1. The van der Waals surface area contributed by atoms with Gasteiger partial charge >= 0.3 is 0 Å². The number of nitrogens with one attached hydrogen (secondary N) is 2. The van der Waals surface area contributed by atoms with E-state index in [4.69, 9.17) is 4.52 Å². The van der Waals surface area contributed by atoms with Crippen molar-refractivity contribution in [1.82, 2.24) is 9.88 Å². The summed E-state index contributed by atoms with van der Waals surface area (Å²) in [7, 11) is -2.29. The maximum Gasteiger partial charge on any atom is 0.261 e. The van der Waals surface area contributed by atoms with Crippen molar-refractivity contribution >= 4 is 21.6 Å². The molecule has 1 heterocycles. The van der Waals surface area contributed by atoms with Gasteiger partial charge in [-0.2, -0.15) is 0 Å². The number of hydrogen-bond donors (Lipinski definition) is 2. The van der Waals surface area contributed by atoms with E-state index in [-0.39, 0.29) is 4.90 Å². The predicted octanol–water partition coefficient (Wildman–Crippen LogP) is 3.12. The van der Waals surface area contributed by atoms with Crippen LogP contribution in [0.1, 0.15) is 21.7 Å². The second-order valence-corrected chi connectivity index (χ2v) is 7.83. The molecule has 0 spiro atoms. The molecule has 3 rings (SSSR count). The van der Waals surface area contributed by atoms with Crippen molar-refractivity contribution in [1.29, 1.82) is 0 Å². The summed E-state index contributed by atoms with van der Waals surface area (Å²) in [4.78, 5) is 12.9. The number of sulfonamides is 1. The summed E-state index contributed by atoms with van der Waals surface area (Å²) in [6.07, 6.45) is 0. The Balaban J connectivity index is 1.96. The Bertz CT molecular complexity index is 1090. The van der Waals surface area contributed by atoms with Gasteiger partial charge in [0.1, 0.15) is 17.0 Å². The van der Waals surface area contributed by atoms with Crippen molar-refractivity contribution in [2.45, 2.75) is 18.7 Å². The van der Waals surface area contributed by atoms with Crippen LogP contribution in [-0.4, -0.2) is 26.5 Å². The van der Waals surface area contributed by atoms with E-state index in [1.54, 1.807) is 26.0 Å². The maximum atomic E-state index is 12.8. The third kappa shape index (κ3) is 3.76. The van der Waals surface area contributed by atoms with Crippen molar-refractivity contribution in [3.05, 3.63) is 65.4 Å². The molecule has 0 fully saturated rings. The molecule has 1 amide bonds. The summed E-state index contributed by atoms with van der Waals surface area (Å²) in [5, 5.41) is 6.72. The number of benzene rings is 2. The van der Waals surface area contributed by atoms with Gasteiger partial charge in [-0.05, 0) is 38.6 Å². The Labute approximate surface area is 157 Å². The smallest absolute Gasteiger partial charge is 0.261 e. The number of aryl methyl sites for hydroxylation is 2. The molecule has 27 heavy (non-hydrogen) atoms. The topological polar surface area (TPSA) is 101 Å². The van der Waals surface area contributed by atoms with Crippen LogP contribution in [0.3, 0.4) is 0 Å². The fourth-order valence-electron chi connectivity index (χ4n) is 2.70. The van der Waals surface area contributed by atoms with E-state index in [1.165, 1.54) is 13.1 Å². The zero-order chi connectivity index (χ0) is 19.6. The van der Waals surface area contributed by atoms with Crippen LogP contribution in [0.4, 0.5) is 5.69 Å². The quantitative estimate of drug-likeness (QED) is 0.703. The van der Waals surface area contributed by atoms with Gasteiger partial charge in [0.05, 0.1) is 4.90 Å². The van der Waals surface area contributed by atoms with Crippen molar-refractivity contribution in [3.8, 4) is 11.3 Å². The lowest BCUT2D eigenvalue weighted by Crippen LogP contribution is -2.20. The first-order chi connectivity index (χ1) is 12.8. The van der Waals surface area contributed by atoms with Crippen LogP contribution >= 0.6 is 0 Å². The highest BCUT2D eigenvalue weighted by Gasteiger charge is 2.22. The molecule has 0 aliphatic heterocycles. The summed E-state index contributed by atoms with van der Waals surface area (Å²) in [5.74, 6) is -0.0502. The Morgan fingerprint density at radius 1 is 1.07 bits per heavy atom. The molecule has 0 bridgehead atoms. The average molecular weight is 385 g/mol. The molecule has 0 aliphatic carbocycles. The third-order valence-corrected chi connectivity index (χ3v) is 5.70. The largest absolute Gasteiger partial charge is 0.360 e. The second-order valence-electron chi connectivity index (χ2n) is 5.97. The van der Waals surface area contributed by atoms with Crippen LogP contribution in [0, 0.1) is 13.8 Å². The first kappa shape index (κ1) is 18.8. The standard InChI is InChI=1S/C19H19N3O4S/c1-12-9-10-15(11-16(12)27(24,25)20-3)21-19(23)17-13(2)26-22-18(17)14-7-5-4-6-8-14/h4-11,20H,1-3H3,(H,21,23). The van der Waals surface area contributed by atoms with E-state index in [9.17, 15) is 13.2 Å². The number of nitrogens with zero attached hydrogens (tertiary/aromatic N) is 1. The van der Waals surface area contributed by atoms with Gasteiger partial charge in [-0.15, -0.1) is 0 Å². The average Bonchev–Trinajstić information content (AvgIpc) is 3.05. The van der Waals surface area contributed by atoms with Crippen molar-refractivity contribution < 1.29 is 17.7 Å². The molecule has 2 N–H and O–H groups in total. The second kappa shape index (κ2) is 7.34. The minimum atomic E-state index is -3.63. The lowest BCUT2D eigenvalue weighted by Gasteiger charge is -2.10. The molecule has 0 saturated heterocycles. The maximum absolute atomic E-state index is 12.8. The summed E-state index contributed by atoms with van der Waals surface area (Å²) in [5.41, 5.74) is 2.43. The van der Waals surface area contributed by atoms with E-state index in [2.05, 4.69) is 15.2 Å². The molecule has 140 valence electrons. The Morgan fingerprint density at radius 3 is 2.44 bits per heavy atom. The van der Waals surface area contributed by atoms with Gasteiger partial charge in [0.2, 0.25) is 10.0 Å². The molecule has 7 nitrogen and oxygen atoms in total. The zero-order valence-corrected chi connectivity index (χ0v) is 15.9. The van der Waals surface area contributed by atoms with Gasteiger partial charge in [0, 0.05) is 11.3 Å². The Hall–Kier alpha value is -2.97. The van der Waals surface area contributed by atoms with Gasteiger partial charge in [-0.25, -0.2) is 13.1 Å². The molecule has 0 atom stereocenters. The first-order valence-electron chi connectivity index (χ1n) is 8.20. The molecule has 8 heteroatoms. The Morgan fingerprint density at radius 2 is 1.78 bits per heavy atom. The molecule has 0 saturated carbocycles. The summed E-state index contributed by atoms with van der Waals surface area (Å²) in [6, 6.07) is 13.9. The number of carbonyl (C=O) groups excluding carboxylic acids is 1. The van der Waals surface area contributed by atoms with Gasteiger partial charge < -0.3 is 9.84 Å². The molecule has 2 aromatic carbocycles. The molecule has 3 aromatic rings. The van der Waals surface area contributed by atoms with E-state index >= 15 is 0 Å². The minimum Gasteiger partial charge on any atom is -0.360 e. The molecule has 0 aliphatic rings. The lowest BCUT2D eigenvalue weighted by molar-refractivity contribution is 0.102. The SMILES string of the molecule is CNS(=O)(=O)c1cc(NC(=O)c2c(-c3ccccc3)noc2C)ccc1C. The van der Waals surface area contributed by atoms with Gasteiger partial charge in [0.25, 0.3) is 5.91 Å². The van der Waals surface area contributed by atoms with E-state index in [1.807, 2.05) is 30.3 Å². The monoisotopic (exact) mass is 385 g/mol. The van der Waals surface area contributed by atoms with Crippen LogP contribution in [0.15, 0.2) is 57.9 Å². The molecule has 0 unspecified atom stereocenters. The summed E-state index contributed by atoms with van der Waals surface area (Å²) < 4.78 is 31.8. The van der Waals surface area contributed by atoms with E-state index in [0.717, 1.165) is 5.56 Å². The number of hydrogen-bond acceptors (Lipinski definition) is 5. The van der Waals surface area contributed by atoms with Crippen LogP contribution in [-0.2, 0) is 10.0 Å². The van der Waals surface area contributed by atoms with Crippen molar-refractivity contribution in [3.63, 3.8) is 0 Å². The highest BCUT2D eigenvalue weighted by atomic mass is 32.2. The fraction of sp³-hybridized carbons (Fsp3) is 0.158. The fourth-order valence-corrected chi connectivity index (χ4v) is 3.70. The van der Waals surface area contributed by atoms with Gasteiger partial charge in [-0.3, -0.25) is 4.79 Å². The summed E-state index contributed by atoms with van der Waals surface area (Å²) in [6.45, 7) is 3.34. The first-order valence-corrected chi connectivity index (χ1v) is 9.69. The van der Waals surface area contributed by atoms with Crippen molar-refractivity contribution in [2.24, 2.45) is 0 Å². The van der Waals surface area contributed by atoms with Crippen LogP contribution in [0.25, 0.3) is 11.3 Å². The molecule has 0 radical (unpaired) electrons. The van der Waals surface area contributed by atoms with E-state index in [0.29, 0.717) is 28.3 Å². The predicted molar refractivity (Wildman–Crippen MR) is 102 cm³/mol. The van der Waals surface area contributed by atoms with E-state index < -0.39 is 15.9 Å². The number of rotatable bonds is 5. The Kier molecular flexibility index (Phi) is 5.11. The van der Waals surface area contributed by atoms with Crippen LogP contribution < -0.4 is 10.0 Å². The zero-order valence-electron chi connectivity index (χ0n) is 15.1. The molecular formula is C19H19N3O4S. The molecule has 1 aromatic heterocycles. The van der Waals surface area contributed by atoms with Gasteiger partial charge in [-0.1, -0.05) is 41.6 Å². The van der Waals surface area contributed by atoms with Crippen molar-refractivity contribution in [2.75, 3.05) is 12.4 Å². The number of carbonyl (C=O) groups is 1. The highest BCUT2D eigenvalue weighted by Crippen LogP contribution is 2.27. The minimum absolute atomic E-state index is 0.105.